The lowest BCUT2D eigenvalue weighted by molar-refractivity contribution is -0.137. The number of para-hydroxylation sites is 1. The number of carbonyl (C=O) groups excluding carboxylic acids is 1. The smallest absolute Gasteiger partial charge is 0.368 e. The lowest BCUT2D eigenvalue weighted by atomic mass is 10.1. The number of hydrogen-bond acceptors (Lipinski definition) is 4. The van der Waals surface area contributed by atoms with Crippen LogP contribution in [0.2, 0.25) is 0 Å². The van der Waals surface area contributed by atoms with Gasteiger partial charge in [0.25, 0.3) is 15.9 Å². The van der Waals surface area contributed by atoms with Gasteiger partial charge in [0.2, 0.25) is 0 Å². The molecule has 3 aromatic rings. The van der Waals surface area contributed by atoms with E-state index in [0.717, 1.165) is 36.4 Å². The summed E-state index contributed by atoms with van der Waals surface area (Å²) in [6.07, 6.45) is -4.45. The molecule has 1 amide bonds. The first-order valence-corrected chi connectivity index (χ1v) is 12.1. The van der Waals surface area contributed by atoms with Crippen LogP contribution in [0.25, 0.3) is 0 Å². The normalized spacial score (nSPS) is 14.6. The van der Waals surface area contributed by atoms with Crippen LogP contribution in [-0.2, 0) is 16.2 Å². The summed E-state index contributed by atoms with van der Waals surface area (Å²) in [5, 5.41) is 0. The summed E-state index contributed by atoms with van der Waals surface area (Å²) in [6.45, 7) is 1.12. The standard InChI is InChI=1S/C24H21F4N3O3S/c25-18-8-10-20(11-9-18)35(33,34)29-22-7-2-1-6-21(22)23(32)31-14-12-30(13-15-31)19-5-3-4-17(16-19)24(26,27)28/h1-11,16,29H,12-15H2. The van der Waals surface area contributed by atoms with Gasteiger partial charge in [0.15, 0.2) is 0 Å². The zero-order valence-electron chi connectivity index (χ0n) is 18.3. The molecule has 0 aromatic heterocycles. The third-order valence-corrected chi connectivity index (χ3v) is 7.01. The van der Waals surface area contributed by atoms with Gasteiger partial charge in [-0.05, 0) is 54.6 Å². The first-order valence-electron chi connectivity index (χ1n) is 10.6. The monoisotopic (exact) mass is 507 g/mol. The summed E-state index contributed by atoms with van der Waals surface area (Å²) >= 11 is 0. The highest BCUT2D eigenvalue weighted by molar-refractivity contribution is 7.92. The number of rotatable bonds is 5. The van der Waals surface area contributed by atoms with Gasteiger partial charge in [-0.1, -0.05) is 18.2 Å². The fraction of sp³-hybridized carbons (Fsp3) is 0.208. The molecule has 1 heterocycles. The van der Waals surface area contributed by atoms with Crippen LogP contribution in [0, 0.1) is 5.82 Å². The highest BCUT2D eigenvalue weighted by Gasteiger charge is 2.31. The Morgan fingerprint density at radius 1 is 0.857 bits per heavy atom. The molecule has 1 saturated heterocycles. The van der Waals surface area contributed by atoms with E-state index in [1.165, 1.54) is 23.1 Å². The van der Waals surface area contributed by atoms with Crippen molar-refractivity contribution in [3.8, 4) is 0 Å². The van der Waals surface area contributed by atoms with Gasteiger partial charge in [0, 0.05) is 31.9 Å². The largest absolute Gasteiger partial charge is 0.416 e. The predicted molar refractivity (Wildman–Crippen MR) is 123 cm³/mol. The number of nitrogens with zero attached hydrogens (tertiary/aromatic N) is 2. The van der Waals surface area contributed by atoms with E-state index < -0.39 is 33.5 Å². The number of nitrogens with one attached hydrogen (secondary N) is 1. The summed E-state index contributed by atoms with van der Waals surface area (Å²) in [5.74, 6) is -0.991. The number of alkyl halides is 3. The van der Waals surface area contributed by atoms with E-state index in [-0.39, 0.29) is 29.2 Å². The summed E-state index contributed by atoms with van der Waals surface area (Å²) in [4.78, 5) is 16.3. The number of sulfonamides is 1. The van der Waals surface area contributed by atoms with E-state index in [0.29, 0.717) is 18.8 Å². The molecule has 1 aliphatic heterocycles. The van der Waals surface area contributed by atoms with Crippen LogP contribution in [0.4, 0.5) is 28.9 Å². The molecule has 184 valence electrons. The molecule has 0 atom stereocenters. The Morgan fingerprint density at radius 2 is 1.51 bits per heavy atom. The Morgan fingerprint density at radius 3 is 2.17 bits per heavy atom. The van der Waals surface area contributed by atoms with Gasteiger partial charge in [-0.2, -0.15) is 13.2 Å². The van der Waals surface area contributed by atoms with Gasteiger partial charge in [-0.25, -0.2) is 12.8 Å². The molecule has 0 saturated carbocycles. The minimum Gasteiger partial charge on any atom is -0.368 e. The molecule has 0 aliphatic carbocycles. The van der Waals surface area contributed by atoms with Crippen molar-refractivity contribution in [2.75, 3.05) is 35.8 Å². The Hall–Kier alpha value is -3.60. The maximum Gasteiger partial charge on any atom is 0.416 e. The first kappa shape index (κ1) is 24.5. The van der Waals surface area contributed by atoms with Gasteiger partial charge < -0.3 is 9.80 Å². The molecule has 1 fully saturated rings. The van der Waals surface area contributed by atoms with E-state index in [2.05, 4.69) is 4.72 Å². The van der Waals surface area contributed by atoms with E-state index in [1.54, 1.807) is 23.1 Å². The molecule has 0 spiro atoms. The third-order valence-electron chi connectivity index (χ3n) is 5.63. The first-order chi connectivity index (χ1) is 16.5. The van der Waals surface area contributed by atoms with Crippen LogP contribution in [0.1, 0.15) is 15.9 Å². The van der Waals surface area contributed by atoms with Crippen LogP contribution < -0.4 is 9.62 Å². The predicted octanol–water partition coefficient (Wildman–Crippen LogP) is 4.61. The Kier molecular flexibility index (Phi) is 6.70. The van der Waals surface area contributed by atoms with Crippen molar-refractivity contribution in [1.29, 1.82) is 0 Å². The van der Waals surface area contributed by atoms with Crippen molar-refractivity contribution < 1.29 is 30.8 Å². The second kappa shape index (κ2) is 9.57. The summed E-state index contributed by atoms with van der Waals surface area (Å²) in [6, 6.07) is 15.4. The number of piperazine rings is 1. The zero-order chi connectivity index (χ0) is 25.2. The fourth-order valence-corrected chi connectivity index (χ4v) is 4.87. The van der Waals surface area contributed by atoms with E-state index >= 15 is 0 Å². The van der Waals surface area contributed by atoms with Gasteiger partial charge in [0.05, 0.1) is 21.7 Å². The molecular weight excluding hydrogens is 486 g/mol. The number of carbonyl (C=O) groups is 1. The number of hydrogen-bond donors (Lipinski definition) is 1. The summed E-state index contributed by atoms with van der Waals surface area (Å²) in [5.41, 5.74) is -0.122. The van der Waals surface area contributed by atoms with Gasteiger partial charge in [-0.15, -0.1) is 0 Å². The Bertz CT molecular complexity index is 1320. The Labute approximate surface area is 199 Å². The minimum absolute atomic E-state index is 0.0714. The maximum atomic E-state index is 13.2. The Balaban J connectivity index is 1.47. The zero-order valence-corrected chi connectivity index (χ0v) is 19.1. The third kappa shape index (κ3) is 5.56. The van der Waals surface area contributed by atoms with Crippen molar-refractivity contribution in [2.24, 2.45) is 0 Å². The highest BCUT2D eigenvalue weighted by Crippen LogP contribution is 2.32. The number of halogens is 4. The molecule has 1 N–H and O–H groups in total. The number of anilines is 2. The minimum atomic E-state index is -4.45. The molecule has 0 bridgehead atoms. The number of amides is 1. The van der Waals surface area contributed by atoms with Gasteiger partial charge in [-0.3, -0.25) is 9.52 Å². The SMILES string of the molecule is O=C(c1ccccc1NS(=O)(=O)c1ccc(F)cc1)N1CCN(c2cccc(C(F)(F)F)c2)CC1. The quantitative estimate of drug-likeness (QED) is 0.513. The van der Waals surface area contributed by atoms with Crippen LogP contribution in [0.5, 0.6) is 0 Å². The molecule has 1 aliphatic rings. The molecule has 0 radical (unpaired) electrons. The molecule has 0 unspecified atom stereocenters. The highest BCUT2D eigenvalue weighted by atomic mass is 32.2. The maximum absolute atomic E-state index is 13.2. The molecule has 3 aromatic carbocycles. The lowest BCUT2D eigenvalue weighted by Crippen LogP contribution is -2.49. The molecule has 35 heavy (non-hydrogen) atoms. The average molecular weight is 508 g/mol. The molecular formula is C24H21F4N3O3S. The van der Waals surface area contributed by atoms with Crippen LogP contribution in [0.15, 0.2) is 77.7 Å². The second-order valence-electron chi connectivity index (χ2n) is 7.93. The van der Waals surface area contributed by atoms with Crippen molar-refractivity contribution in [3.05, 3.63) is 89.7 Å². The van der Waals surface area contributed by atoms with Crippen LogP contribution in [-0.4, -0.2) is 45.4 Å². The van der Waals surface area contributed by atoms with Crippen molar-refractivity contribution >= 4 is 27.3 Å². The lowest BCUT2D eigenvalue weighted by Gasteiger charge is -2.36. The average Bonchev–Trinajstić information content (AvgIpc) is 2.84. The van der Waals surface area contributed by atoms with E-state index in [4.69, 9.17) is 0 Å². The molecule has 4 rings (SSSR count). The summed E-state index contributed by atoms with van der Waals surface area (Å²) < 4.78 is 80.1. The van der Waals surface area contributed by atoms with Gasteiger partial charge >= 0.3 is 6.18 Å². The van der Waals surface area contributed by atoms with Crippen LogP contribution in [0.3, 0.4) is 0 Å². The molecule has 11 heteroatoms. The summed E-state index contributed by atoms with van der Waals surface area (Å²) in [7, 11) is -4.07. The number of benzene rings is 3. The van der Waals surface area contributed by atoms with E-state index in [1.807, 2.05) is 0 Å². The fourth-order valence-electron chi connectivity index (χ4n) is 3.79. The second-order valence-corrected chi connectivity index (χ2v) is 9.61. The van der Waals surface area contributed by atoms with Gasteiger partial charge in [0.1, 0.15) is 5.82 Å². The van der Waals surface area contributed by atoms with Crippen molar-refractivity contribution in [3.63, 3.8) is 0 Å². The van der Waals surface area contributed by atoms with Crippen molar-refractivity contribution in [1.82, 2.24) is 4.90 Å². The van der Waals surface area contributed by atoms with E-state index in [9.17, 15) is 30.8 Å². The topological polar surface area (TPSA) is 69.7 Å². The molecule has 6 nitrogen and oxygen atoms in total. The van der Waals surface area contributed by atoms with Crippen LogP contribution >= 0.6 is 0 Å². The van der Waals surface area contributed by atoms with Crippen molar-refractivity contribution in [2.45, 2.75) is 11.1 Å².